The van der Waals surface area contributed by atoms with Gasteiger partial charge >= 0.3 is 7.12 Å². The van der Waals surface area contributed by atoms with Crippen molar-refractivity contribution in [2.24, 2.45) is 0 Å². The van der Waals surface area contributed by atoms with Crippen LogP contribution in [0.5, 0.6) is 0 Å². The Hall–Kier alpha value is -3.34. The lowest BCUT2D eigenvalue weighted by Crippen LogP contribution is -2.29. The van der Waals surface area contributed by atoms with Gasteiger partial charge in [0.1, 0.15) is 0 Å². The van der Waals surface area contributed by atoms with Crippen LogP contribution >= 0.6 is 0 Å². The highest BCUT2D eigenvalue weighted by Gasteiger charge is 2.14. The molecule has 0 unspecified atom stereocenters. The van der Waals surface area contributed by atoms with Gasteiger partial charge in [-0.25, -0.2) is 0 Å². The van der Waals surface area contributed by atoms with E-state index in [1.54, 1.807) is 12.1 Å². The van der Waals surface area contributed by atoms with Crippen LogP contribution < -0.4 is 5.46 Å². The molecule has 0 bridgehead atoms. The Balaban J connectivity index is 0.00000106. The van der Waals surface area contributed by atoms with Gasteiger partial charge in [0, 0.05) is 16.5 Å². The zero-order valence-corrected chi connectivity index (χ0v) is 17.2. The van der Waals surface area contributed by atoms with Crippen molar-refractivity contribution in [1.82, 2.24) is 4.57 Å². The summed E-state index contributed by atoms with van der Waals surface area (Å²) >= 11 is 0. The second kappa shape index (κ2) is 8.58. The summed E-state index contributed by atoms with van der Waals surface area (Å²) in [6, 6.07) is 32.7. The minimum absolute atomic E-state index is 0.482. The molecule has 30 heavy (non-hydrogen) atoms. The zero-order chi connectivity index (χ0) is 21.1. The van der Waals surface area contributed by atoms with Crippen molar-refractivity contribution in [3.05, 3.63) is 97.1 Å². The molecule has 4 aromatic carbocycles. The molecule has 0 aliphatic carbocycles. The summed E-state index contributed by atoms with van der Waals surface area (Å²) in [5.41, 5.74) is 6.11. The Morgan fingerprint density at radius 3 is 1.93 bits per heavy atom. The van der Waals surface area contributed by atoms with E-state index < -0.39 is 7.12 Å². The molecule has 0 aliphatic heterocycles. The van der Waals surface area contributed by atoms with Gasteiger partial charge < -0.3 is 14.6 Å². The van der Waals surface area contributed by atoms with Crippen LogP contribution in [0.15, 0.2) is 97.1 Å². The molecule has 5 aromatic rings. The van der Waals surface area contributed by atoms with E-state index in [-0.39, 0.29) is 0 Å². The molecule has 1 heterocycles. The predicted molar refractivity (Wildman–Crippen MR) is 127 cm³/mol. The van der Waals surface area contributed by atoms with Crippen LogP contribution in [0.4, 0.5) is 0 Å². The van der Waals surface area contributed by atoms with Gasteiger partial charge in [0.2, 0.25) is 0 Å². The van der Waals surface area contributed by atoms with E-state index in [0.29, 0.717) is 5.46 Å². The Bertz CT molecular complexity index is 1280. The van der Waals surface area contributed by atoms with Gasteiger partial charge in [0.25, 0.3) is 0 Å². The standard InChI is InChI=1S/C24H18BNO2.C2H6/c27-25(28)19-11-13-20(14-12-19)26-23-9-5-4-8-21(23)22-16-18(10-15-24(22)26)17-6-2-1-3-7-17;1-2/h1-16,27-28H;1-2H3. The van der Waals surface area contributed by atoms with Gasteiger partial charge in [-0.1, -0.05) is 80.6 Å². The average molecular weight is 393 g/mol. The van der Waals surface area contributed by atoms with Crippen LogP contribution in [0.25, 0.3) is 38.6 Å². The van der Waals surface area contributed by atoms with Crippen molar-refractivity contribution in [3.8, 4) is 16.8 Å². The van der Waals surface area contributed by atoms with Crippen molar-refractivity contribution in [1.29, 1.82) is 0 Å². The summed E-state index contributed by atoms with van der Waals surface area (Å²) in [5.74, 6) is 0. The molecular formula is C26H24BNO2. The molecule has 5 rings (SSSR count). The smallest absolute Gasteiger partial charge is 0.423 e. The average Bonchev–Trinajstić information content (AvgIpc) is 3.15. The van der Waals surface area contributed by atoms with Gasteiger partial charge in [0.15, 0.2) is 0 Å². The van der Waals surface area contributed by atoms with E-state index in [1.807, 2.05) is 38.1 Å². The molecule has 1 aromatic heterocycles. The molecule has 3 nitrogen and oxygen atoms in total. The number of fused-ring (bicyclic) bond motifs is 3. The largest absolute Gasteiger partial charge is 0.488 e. The molecule has 0 amide bonds. The molecule has 0 spiro atoms. The maximum absolute atomic E-state index is 9.38. The monoisotopic (exact) mass is 393 g/mol. The van der Waals surface area contributed by atoms with Crippen molar-refractivity contribution >= 4 is 34.4 Å². The molecular weight excluding hydrogens is 369 g/mol. The maximum Gasteiger partial charge on any atom is 0.488 e. The van der Waals surface area contributed by atoms with Crippen molar-refractivity contribution in [3.63, 3.8) is 0 Å². The SMILES string of the molecule is CC.OB(O)c1ccc(-n2c3ccccc3c3cc(-c4ccccc4)ccc32)cc1. The van der Waals surface area contributed by atoms with Crippen LogP contribution in [0.2, 0.25) is 0 Å². The summed E-state index contributed by atoms with van der Waals surface area (Å²) in [6.07, 6.45) is 0. The lowest BCUT2D eigenvalue weighted by Gasteiger charge is -2.09. The highest BCUT2D eigenvalue weighted by atomic mass is 16.4. The number of benzene rings is 4. The quantitative estimate of drug-likeness (QED) is 0.416. The third-order valence-corrected chi connectivity index (χ3v) is 5.23. The summed E-state index contributed by atoms with van der Waals surface area (Å²) < 4.78 is 2.22. The molecule has 0 aliphatic rings. The third-order valence-electron chi connectivity index (χ3n) is 5.23. The number of para-hydroxylation sites is 1. The van der Waals surface area contributed by atoms with E-state index in [1.165, 1.54) is 21.9 Å². The summed E-state index contributed by atoms with van der Waals surface area (Å²) in [6.45, 7) is 4.00. The van der Waals surface area contributed by atoms with Crippen LogP contribution in [-0.2, 0) is 0 Å². The van der Waals surface area contributed by atoms with E-state index in [2.05, 4.69) is 65.2 Å². The fourth-order valence-electron chi connectivity index (χ4n) is 3.86. The molecule has 0 saturated heterocycles. The topological polar surface area (TPSA) is 45.4 Å². The number of aromatic nitrogens is 1. The Labute approximate surface area is 177 Å². The number of hydrogen-bond donors (Lipinski definition) is 2. The molecule has 148 valence electrons. The van der Waals surface area contributed by atoms with Crippen LogP contribution in [0.3, 0.4) is 0 Å². The maximum atomic E-state index is 9.38. The third kappa shape index (κ3) is 3.52. The highest BCUT2D eigenvalue weighted by molar-refractivity contribution is 6.58. The minimum atomic E-state index is -1.46. The number of nitrogens with zero attached hydrogens (tertiary/aromatic N) is 1. The van der Waals surface area contributed by atoms with Crippen molar-refractivity contribution < 1.29 is 10.0 Å². The number of rotatable bonds is 3. The van der Waals surface area contributed by atoms with Gasteiger partial charge in [0.05, 0.1) is 11.0 Å². The Morgan fingerprint density at radius 2 is 1.23 bits per heavy atom. The highest BCUT2D eigenvalue weighted by Crippen LogP contribution is 2.34. The summed E-state index contributed by atoms with van der Waals surface area (Å²) in [5, 5.41) is 21.1. The van der Waals surface area contributed by atoms with Crippen molar-refractivity contribution in [2.75, 3.05) is 0 Å². The van der Waals surface area contributed by atoms with Gasteiger partial charge in [-0.15, -0.1) is 0 Å². The first kappa shape index (κ1) is 20.0. The van der Waals surface area contributed by atoms with Crippen molar-refractivity contribution in [2.45, 2.75) is 13.8 Å². The first-order valence-corrected chi connectivity index (χ1v) is 10.3. The lowest BCUT2D eigenvalue weighted by atomic mass is 9.80. The molecule has 4 heteroatoms. The first-order chi connectivity index (χ1) is 14.7. The Kier molecular flexibility index (Phi) is 5.71. The first-order valence-electron chi connectivity index (χ1n) is 10.3. The van der Waals surface area contributed by atoms with E-state index in [4.69, 9.17) is 0 Å². The fourth-order valence-corrected chi connectivity index (χ4v) is 3.86. The minimum Gasteiger partial charge on any atom is -0.423 e. The van der Waals surface area contributed by atoms with Gasteiger partial charge in [-0.2, -0.15) is 0 Å². The molecule has 0 atom stereocenters. The normalized spacial score (nSPS) is 10.7. The molecule has 0 fully saturated rings. The van der Waals surface area contributed by atoms with Gasteiger partial charge in [-0.3, -0.25) is 0 Å². The lowest BCUT2D eigenvalue weighted by molar-refractivity contribution is 0.426. The summed E-state index contributed by atoms with van der Waals surface area (Å²) in [7, 11) is -1.46. The second-order valence-electron chi connectivity index (χ2n) is 6.92. The predicted octanol–water partition coefficient (Wildman–Crippen LogP) is 5.16. The summed E-state index contributed by atoms with van der Waals surface area (Å²) in [4.78, 5) is 0. The fraction of sp³-hybridized carbons (Fsp3) is 0.0769. The van der Waals surface area contributed by atoms with Crippen LogP contribution in [-0.4, -0.2) is 21.7 Å². The van der Waals surface area contributed by atoms with E-state index in [9.17, 15) is 10.0 Å². The Morgan fingerprint density at radius 1 is 0.600 bits per heavy atom. The number of hydrogen-bond acceptors (Lipinski definition) is 2. The second-order valence-corrected chi connectivity index (χ2v) is 6.92. The van der Waals surface area contributed by atoms with E-state index in [0.717, 1.165) is 16.7 Å². The van der Waals surface area contributed by atoms with Gasteiger partial charge in [-0.05, 0) is 46.9 Å². The van der Waals surface area contributed by atoms with Crippen LogP contribution in [0, 0.1) is 0 Å². The molecule has 0 saturated carbocycles. The molecule has 0 radical (unpaired) electrons. The zero-order valence-electron chi connectivity index (χ0n) is 17.2. The van der Waals surface area contributed by atoms with Crippen LogP contribution in [0.1, 0.15) is 13.8 Å². The molecule has 2 N–H and O–H groups in total. The van der Waals surface area contributed by atoms with E-state index >= 15 is 0 Å².